The van der Waals surface area contributed by atoms with E-state index in [9.17, 15) is 13.2 Å². The van der Waals surface area contributed by atoms with Gasteiger partial charge in [0.2, 0.25) is 27.6 Å². The Morgan fingerprint density at radius 2 is 2.00 bits per heavy atom. The van der Waals surface area contributed by atoms with Crippen molar-refractivity contribution in [3.05, 3.63) is 52.7 Å². The number of carbonyl (C=O) groups excluding carboxylic acids is 1. The number of aromatic nitrogens is 2. The summed E-state index contributed by atoms with van der Waals surface area (Å²) in [6.45, 7) is 5.35. The molecule has 2 heterocycles. The highest BCUT2D eigenvalue weighted by Gasteiger charge is 2.32. The Bertz CT molecular complexity index is 1140. The Morgan fingerprint density at radius 1 is 1.27 bits per heavy atom. The normalized spacial score (nSPS) is 12.6. The van der Waals surface area contributed by atoms with Crippen molar-refractivity contribution in [2.45, 2.75) is 33.4 Å². The van der Waals surface area contributed by atoms with Gasteiger partial charge in [0.15, 0.2) is 0 Å². The molecule has 0 aliphatic rings. The molecular formula is C20H24N4O4S2. The molecule has 0 aliphatic heterocycles. The summed E-state index contributed by atoms with van der Waals surface area (Å²) >= 11 is 1.49. The van der Waals surface area contributed by atoms with Crippen molar-refractivity contribution in [2.75, 3.05) is 17.6 Å². The number of nitrogens with zero attached hydrogens (tertiary/aromatic N) is 4. The number of sulfonamides is 1. The fourth-order valence-electron chi connectivity index (χ4n) is 3.16. The molecule has 1 amide bonds. The molecular weight excluding hydrogens is 424 g/mol. The molecule has 0 radical (unpaired) electrons. The van der Waals surface area contributed by atoms with Crippen molar-refractivity contribution < 1.29 is 17.7 Å². The highest BCUT2D eigenvalue weighted by atomic mass is 32.2. The zero-order chi connectivity index (χ0) is 22.1. The maximum Gasteiger partial charge on any atom is 0.246 e. The van der Waals surface area contributed by atoms with E-state index in [0.29, 0.717) is 11.5 Å². The van der Waals surface area contributed by atoms with Crippen LogP contribution < -0.4 is 4.31 Å². The molecule has 0 bridgehead atoms. The molecule has 0 saturated carbocycles. The standard InChI is InChI=1S/C20H24N4O4S2/c1-13-8-9-14(2)16(11-13)24(30(5,26)27)15(3)20(25)23(4)12-18-21-19(22-28-18)17-7-6-10-29-17/h6-11,15H,12H2,1-5H3/t15-/m1/s1. The van der Waals surface area contributed by atoms with Gasteiger partial charge in [-0.1, -0.05) is 23.4 Å². The van der Waals surface area contributed by atoms with Gasteiger partial charge >= 0.3 is 0 Å². The number of carbonyl (C=O) groups is 1. The number of likely N-dealkylation sites (N-methyl/N-ethyl adjacent to an activating group) is 1. The minimum absolute atomic E-state index is 0.0753. The van der Waals surface area contributed by atoms with E-state index < -0.39 is 16.1 Å². The van der Waals surface area contributed by atoms with E-state index in [4.69, 9.17) is 4.52 Å². The van der Waals surface area contributed by atoms with Crippen molar-refractivity contribution >= 4 is 33.0 Å². The van der Waals surface area contributed by atoms with Crippen molar-refractivity contribution in [1.82, 2.24) is 15.0 Å². The second-order valence-corrected chi connectivity index (χ2v) is 10.0. The quantitative estimate of drug-likeness (QED) is 0.551. The second kappa shape index (κ2) is 8.57. The van der Waals surface area contributed by atoms with Crippen LogP contribution >= 0.6 is 11.3 Å². The third-order valence-electron chi connectivity index (χ3n) is 4.63. The van der Waals surface area contributed by atoms with Gasteiger partial charge < -0.3 is 9.42 Å². The summed E-state index contributed by atoms with van der Waals surface area (Å²) < 4.78 is 31.6. The summed E-state index contributed by atoms with van der Waals surface area (Å²) in [6, 6.07) is 8.34. The predicted molar refractivity (Wildman–Crippen MR) is 117 cm³/mol. The summed E-state index contributed by atoms with van der Waals surface area (Å²) in [4.78, 5) is 19.6. The van der Waals surface area contributed by atoms with E-state index in [-0.39, 0.29) is 18.3 Å². The van der Waals surface area contributed by atoms with E-state index in [2.05, 4.69) is 10.1 Å². The molecule has 0 aliphatic carbocycles. The molecule has 10 heteroatoms. The average molecular weight is 449 g/mol. The first-order valence-electron chi connectivity index (χ1n) is 9.26. The summed E-state index contributed by atoms with van der Waals surface area (Å²) in [5.74, 6) is 0.360. The van der Waals surface area contributed by atoms with Crippen LogP contribution in [0.2, 0.25) is 0 Å². The Balaban J connectivity index is 1.82. The molecule has 0 fully saturated rings. The van der Waals surface area contributed by atoms with E-state index in [1.165, 1.54) is 20.5 Å². The average Bonchev–Trinajstić information content (AvgIpc) is 3.34. The van der Waals surface area contributed by atoms with Crippen molar-refractivity contribution in [2.24, 2.45) is 0 Å². The molecule has 30 heavy (non-hydrogen) atoms. The number of benzene rings is 1. The van der Waals surface area contributed by atoms with Gasteiger partial charge in [-0.15, -0.1) is 11.3 Å². The van der Waals surface area contributed by atoms with Gasteiger partial charge in [0.25, 0.3) is 0 Å². The van der Waals surface area contributed by atoms with Crippen LogP contribution in [0.1, 0.15) is 23.9 Å². The lowest BCUT2D eigenvalue weighted by Gasteiger charge is -2.31. The van der Waals surface area contributed by atoms with Gasteiger partial charge in [-0.2, -0.15) is 4.98 Å². The van der Waals surface area contributed by atoms with Crippen LogP contribution in [0.3, 0.4) is 0 Å². The lowest BCUT2D eigenvalue weighted by Crippen LogP contribution is -2.48. The third kappa shape index (κ3) is 4.71. The van der Waals surface area contributed by atoms with Crippen LogP contribution in [-0.4, -0.2) is 48.7 Å². The van der Waals surface area contributed by atoms with Gasteiger partial charge in [0.05, 0.1) is 23.4 Å². The summed E-state index contributed by atoms with van der Waals surface area (Å²) in [5.41, 5.74) is 2.17. The van der Waals surface area contributed by atoms with Crippen LogP contribution in [0, 0.1) is 13.8 Å². The molecule has 3 aromatic rings. The highest BCUT2D eigenvalue weighted by Crippen LogP contribution is 2.27. The lowest BCUT2D eigenvalue weighted by molar-refractivity contribution is -0.131. The highest BCUT2D eigenvalue weighted by molar-refractivity contribution is 7.92. The first kappa shape index (κ1) is 22.0. The SMILES string of the molecule is Cc1ccc(C)c(N([C@H](C)C(=O)N(C)Cc2nc(-c3cccs3)no2)S(C)(=O)=O)c1. The molecule has 8 nitrogen and oxygen atoms in total. The fourth-order valence-corrected chi connectivity index (χ4v) is 5.02. The van der Waals surface area contributed by atoms with E-state index >= 15 is 0 Å². The molecule has 0 saturated heterocycles. The molecule has 1 aromatic carbocycles. The van der Waals surface area contributed by atoms with Gasteiger partial charge in [-0.3, -0.25) is 9.10 Å². The Morgan fingerprint density at radius 3 is 2.63 bits per heavy atom. The zero-order valence-corrected chi connectivity index (χ0v) is 19.1. The second-order valence-electron chi connectivity index (χ2n) is 7.21. The van der Waals surface area contributed by atoms with Crippen LogP contribution in [0.25, 0.3) is 10.7 Å². The molecule has 1 atom stereocenters. The topological polar surface area (TPSA) is 96.6 Å². The largest absolute Gasteiger partial charge is 0.337 e. The minimum Gasteiger partial charge on any atom is -0.337 e. The Hall–Kier alpha value is -2.72. The lowest BCUT2D eigenvalue weighted by atomic mass is 10.1. The molecule has 3 rings (SSSR count). The van der Waals surface area contributed by atoms with E-state index in [1.54, 1.807) is 20.0 Å². The summed E-state index contributed by atoms with van der Waals surface area (Å²) in [6.07, 6.45) is 1.10. The first-order valence-corrected chi connectivity index (χ1v) is 12.0. The molecule has 0 N–H and O–H groups in total. The van der Waals surface area contributed by atoms with Crippen LogP contribution in [0.15, 0.2) is 40.2 Å². The first-order chi connectivity index (χ1) is 14.1. The predicted octanol–water partition coefficient (Wildman–Crippen LogP) is 3.23. The van der Waals surface area contributed by atoms with Gasteiger partial charge in [0.1, 0.15) is 6.04 Å². The fraction of sp³-hybridized carbons (Fsp3) is 0.350. The van der Waals surface area contributed by atoms with Gasteiger partial charge in [0, 0.05) is 7.05 Å². The van der Waals surface area contributed by atoms with E-state index in [1.807, 2.05) is 43.5 Å². The molecule has 160 valence electrons. The van der Waals surface area contributed by atoms with Gasteiger partial charge in [-0.05, 0) is 49.4 Å². The number of aryl methyl sites for hydroxylation is 2. The monoisotopic (exact) mass is 448 g/mol. The molecule has 0 spiro atoms. The van der Waals surface area contributed by atoms with Crippen molar-refractivity contribution in [3.8, 4) is 10.7 Å². The number of amides is 1. The Labute approximate surface area is 180 Å². The summed E-state index contributed by atoms with van der Waals surface area (Å²) in [7, 11) is -2.12. The van der Waals surface area contributed by atoms with Gasteiger partial charge in [-0.25, -0.2) is 8.42 Å². The Kier molecular flexibility index (Phi) is 6.27. The third-order valence-corrected chi connectivity index (χ3v) is 6.72. The number of hydrogen-bond acceptors (Lipinski definition) is 7. The van der Waals surface area contributed by atoms with Crippen LogP contribution in [-0.2, 0) is 21.4 Å². The number of thiophene rings is 1. The van der Waals surface area contributed by atoms with Crippen LogP contribution in [0.4, 0.5) is 5.69 Å². The number of rotatable bonds is 7. The molecule has 2 aromatic heterocycles. The zero-order valence-electron chi connectivity index (χ0n) is 17.5. The number of hydrogen-bond donors (Lipinski definition) is 0. The smallest absolute Gasteiger partial charge is 0.246 e. The minimum atomic E-state index is -3.70. The summed E-state index contributed by atoms with van der Waals surface area (Å²) in [5, 5.41) is 5.85. The van der Waals surface area contributed by atoms with Crippen molar-refractivity contribution in [3.63, 3.8) is 0 Å². The van der Waals surface area contributed by atoms with E-state index in [0.717, 1.165) is 22.3 Å². The van der Waals surface area contributed by atoms with Crippen molar-refractivity contribution in [1.29, 1.82) is 0 Å². The number of anilines is 1. The molecule has 0 unspecified atom stereocenters. The maximum absolute atomic E-state index is 13.1. The maximum atomic E-state index is 13.1. The van der Waals surface area contributed by atoms with Crippen LogP contribution in [0.5, 0.6) is 0 Å².